The molecule has 1 fully saturated rings. The van der Waals surface area contributed by atoms with Crippen molar-refractivity contribution in [2.24, 2.45) is 0 Å². The lowest BCUT2D eigenvalue weighted by atomic mass is 10.1. The molecule has 0 spiro atoms. The maximum Gasteiger partial charge on any atom is 0.227 e. The lowest BCUT2D eigenvalue weighted by Crippen LogP contribution is -2.40. The molecule has 1 saturated carbocycles. The average Bonchev–Trinajstić information content (AvgIpc) is 3.55. The van der Waals surface area contributed by atoms with Crippen LogP contribution >= 0.6 is 0 Å². The van der Waals surface area contributed by atoms with Crippen LogP contribution in [0.1, 0.15) is 36.5 Å². The lowest BCUT2D eigenvalue weighted by molar-refractivity contribution is -0.133. The summed E-state index contributed by atoms with van der Waals surface area (Å²) in [4.78, 5) is 14.8. The van der Waals surface area contributed by atoms with Crippen molar-refractivity contribution in [2.75, 3.05) is 12.9 Å². The Labute approximate surface area is 182 Å². The Bertz CT molecular complexity index is 1070. The maximum absolute atomic E-state index is 13.2. The molecule has 1 heterocycles. The zero-order valence-electron chi connectivity index (χ0n) is 17.8. The summed E-state index contributed by atoms with van der Waals surface area (Å²) < 4.78 is 45.0. The molecule has 1 aliphatic heterocycles. The number of ether oxygens (including phenoxy) is 1. The van der Waals surface area contributed by atoms with Crippen molar-refractivity contribution < 1.29 is 22.3 Å². The Morgan fingerprint density at radius 3 is 2.48 bits per heavy atom. The van der Waals surface area contributed by atoms with Gasteiger partial charge in [0.25, 0.3) is 0 Å². The van der Waals surface area contributed by atoms with Crippen molar-refractivity contribution in [1.82, 2.24) is 9.21 Å². The quantitative estimate of drug-likeness (QED) is 0.684. The van der Waals surface area contributed by atoms with Gasteiger partial charge >= 0.3 is 0 Å². The summed E-state index contributed by atoms with van der Waals surface area (Å²) in [5, 5.41) is 0. The number of benzene rings is 2. The van der Waals surface area contributed by atoms with E-state index in [0.717, 1.165) is 29.5 Å². The van der Waals surface area contributed by atoms with Crippen LogP contribution in [0.5, 0.6) is 5.75 Å². The van der Waals surface area contributed by atoms with Crippen molar-refractivity contribution in [2.45, 2.75) is 51.4 Å². The van der Waals surface area contributed by atoms with Crippen LogP contribution in [0.4, 0.5) is 4.39 Å². The first-order chi connectivity index (χ1) is 14.7. The minimum absolute atomic E-state index is 0.0586. The van der Waals surface area contributed by atoms with E-state index in [9.17, 15) is 17.6 Å². The number of rotatable bonds is 6. The van der Waals surface area contributed by atoms with Crippen LogP contribution in [0.25, 0.3) is 0 Å². The molecule has 2 aliphatic rings. The highest BCUT2D eigenvalue weighted by molar-refractivity contribution is 7.88. The molecular weight excluding hydrogens is 419 g/mol. The molecule has 0 saturated heterocycles. The molecular formula is C23H27FN2O4S. The molecule has 0 aromatic heterocycles. The first-order valence-corrected chi connectivity index (χ1v) is 12.3. The van der Waals surface area contributed by atoms with E-state index in [-0.39, 0.29) is 30.2 Å². The predicted molar refractivity (Wildman–Crippen MR) is 115 cm³/mol. The van der Waals surface area contributed by atoms with Crippen LogP contribution in [-0.2, 0) is 34.3 Å². The first kappa shape index (κ1) is 21.8. The number of sulfonamides is 1. The SMILES string of the molecule is CC1COc2ccc(CN(C3CC3)S(C)(=O)=O)cc2CN1C(=O)Cc1ccc(F)cc1. The smallest absolute Gasteiger partial charge is 0.227 e. The molecule has 1 atom stereocenters. The van der Waals surface area contributed by atoms with E-state index in [1.54, 1.807) is 21.3 Å². The van der Waals surface area contributed by atoms with E-state index in [0.29, 0.717) is 25.4 Å². The number of carbonyl (C=O) groups excluding carboxylic acids is 1. The summed E-state index contributed by atoms with van der Waals surface area (Å²) >= 11 is 0. The number of fused-ring (bicyclic) bond motifs is 1. The Balaban J connectivity index is 1.53. The van der Waals surface area contributed by atoms with E-state index in [1.165, 1.54) is 18.4 Å². The Hall–Kier alpha value is -2.45. The fraction of sp³-hybridized carbons (Fsp3) is 0.435. The van der Waals surface area contributed by atoms with Crippen molar-refractivity contribution in [3.63, 3.8) is 0 Å². The molecule has 8 heteroatoms. The van der Waals surface area contributed by atoms with Crippen LogP contribution in [0.3, 0.4) is 0 Å². The zero-order chi connectivity index (χ0) is 22.2. The molecule has 1 amide bonds. The monoisotopic (exact) mass is 446 g/mol. The molecule has 0 radical (unpaired) electrons. The third-order valence-electron chi connectivity index (χ3n) is 5.79. The van der Waals surface area contributed by atoms with Crippen LogP contribution < -0.4 is 4.74 Å². The third kappa shape index (κ3) is 5.25. The highest BCUT2D eigenvalue weighted by Crippen LogP contribution is 2.32. The van der Waals surface area contributed by atoms with Gasteiger partial charge < -0.3 is 9.64 Å². The number of carbonyl (C=O) groups is 1. The van der Waals surface area contributed by atoms with Crippen LogP contribution in [0, 0.1) is 5.82 Å². The van der Waals surface area contributed by atoms with Gasteiger partial charge in [-0.1, -0.05) is 18.2 Å². The lowest BCUT2D eigenvalue weighted by Gasteiger charge is -2.26. The molecule has 0 N–H and O–H groups in total. The van der Waals surface area contributed by atoms with Gasteiger partial charge in [-0.05, 0) is 55.2 Å². The topological polar surface area (TPSA) is 66.9 Å². The molecule has 1 unspecified atom stereocenters. The first-order valence-electron chi connectivity index (χ1n) is 10.5. The zero-order valence-corrected chi connectivity index (χ0v) is 18.6. The molecule has 31 heavy (non-hydrogen) atoms. The van der Waals surface area contributed by atoms with Gasteiger partial charge in [-0.3, -0.25) is 4.79 Å². The second-order valence-electron chi connectivity index (χ2n) is 8.47. The Morgan fingerprint density at radius 2 is 1.84 bits per heavy atom. The third-order valence-corrected chi connectivity index (χ3v) is 7.06. The Kier molecular flexibility index (Phi) is 6.03. The van der Waals surface area contributed by atoms with Crippen LogP contribution in [0.15, 0.2) is 42.5 Å². The van der Waals surface area contributed by atoms with Crippen molar-refractivity contribution >= 4 is 15.9 Å². The van der Waals surface area contributed by atoms with Gasteiger partial charge in [-0.25, -0.2) is 12.8 Å². The minimum Gasteiger partial charge on any atom is -0.491 e. The number of hydrogen-bond donors (Lipinski definition) is 0. The van der Waals surface area contributed by atoms with E-state index in [2.05, 4.69) is 0 Å². The number of halogens is 1. The number of hydrogen-bond acceptors (Lipinski definition) is 4. The van der Waals surface area contributed by atoms with Crippen LogP contribution in [0.2, 0.25) is 0 Å². The van der Waals surface area contributed by atoms with Crippen molar-refractivity contribution in [1.29, 1.82) is 0 Å². The summed E-state index contributed by atoms with van der Waals surface area (Å²) in [7, 11) is -3.29. The normalized spacial score (nSPS) is 19.0. The number of amides is 1. The van der Waals surface area contributed by atoms with E-state index >= 15 is 0 Å². The second-order valence-corrected chi connectivity index (χ2v) is 10.4. The summed E-state index contributed by atoms with van der Waals surface area (Å²) in [6.07, 6.45) is 3.22. The fourth-order valence-corrected chi connectivity index (χ4v) is 5.04. The molecule has 1 aliphatic carbocycles. The molecule has 6 nitrogen and oxygen atoms in total. The minimum atomic E-state index is -3.29. The highest BCUT2D eigenvalue weighted by atomic mass is 32.2. The molecule has 4 rings (SSSR count). The van der Waals surface area contributed by atoms with Gasteiger partial charge in [0.15, 0.2) is 0 Å². The standard InChI is InChI=1S/C23H27FN2O4S/c1-16-15-30-22-10-5-18(13-26(21-8-9-21)31(2,28)29)11-19(22)14-25(16)23(27)12-17-3-6-20(24)7-4-17/h3-7,10-11,16,21H,8-9,12-15H2,1-2H3. The van der Waals surface area contributed by atoms with Gasteiger partial charge in [-0.2, -0.15) is 4.31 Å². The van der Waals surface area contributed by atoms with E-state index < -0.39 is 10.0 Å². The highest BCUT2D eigenvalue weighted by Gasteiger charge is 2.35. The van der Waals surface area contributed by atoms with E-state index in [4.69, 9.17) is 4.74 Å². The second kappa shape index (κ2) is 8.59. The molecule has 2 aromatic carbocycles. The van der Waals surface area contributed by atoms with E-state index in [1.807, 2.05) is 25.1 Å². The Morgan fingerprint density at radius 1 is 1.16 bits per heavy atom. The largest absolute Gasteiger partial charge is 0.491 e. The summed E-state index contributed by atoms with van der Waals surface area (Å²) in [6, 6.07) is 11.6. The fourth-order valence-electron chi connectivity index (χ4n) is 3.91. The van der Waals surface area contributed by atoms with Gasteiger partial charge in [0, 0.05) is 24.7 Å². The van der Waals surface area contributed by atoms with Gasteiger partial charge in [-0.15, -0.1) is 0 Å². The summed E-state index contributed by atoms with van der Waals surface area (Å²) in [6.45, 7) is 3.01. The van der Waals surface area contributed by atoms with Gasteiger partial charge in [0.2, 0.25) is 15.9 Å². The number of nitrogens with zero attached hydrogens (tertiary/aromatic N) is 2. The van der Waals surface area contributed by atoms with Crippen molar-refractivity contribution in [3.05, 3.63) is 65.0 Å². The van der Waals surface area contributed by atoms with Crippen molar-refractivity contribution in [3.8, 4) is 5.75 Å². The van der Waals surface area contributed by atoms with Gasteiger partial charge in [0.1, 0.15) is 18.2 Å². The molecule has 166 valence electrons. The van der Waals surface area contributed by atoms with Gasteiger partial charge in [0.05, 0.1) is 18.7 Å². The molecule has 0 bridgehead atoms. The molecule has 2 aromatic rings. The summed E-state index contributed by atoms with van der Waals surface area (Å²) in [5.41, 5.74) is 2.49. The summed E-state index contributed by atoms with van der Waals surface area (Å²) in [5.74, 6) is 0.324. The van der Waals surface area contributed by atoms with Crippen LogP contribution in [-0.4, -0.2) is 48.5 Å². The maximum atomic E-state index is 13.2. The predicted octanol–water partition coefficient (Wildman–Crippen LogP) is 3.10. The average molecular weight is 447 g/mol.